The van der Waals surface area contributed by atoms with Gasteiger partial charge in [-0.15, -0.1) is 0 Å². The van der Waals surface area contributed by atoms with Gasteiger partial charge in [-0.25, -0.2) is 0 Å². The molecule has 1 heterocycles. The van der Waals surface area contributed by atoms with Crippen molar-refractivity contribution in [2.24, 2.45) is 11.8 Å². The number of nitrogens with zero attached hydrogens (tertiary/aromatic N) is 2. The standard InChI is InChI=1S/C15H26ClN3/c1-5-17-13(10(3)12-7-8-12)9-14-15(16)11(4)18-19(14)6-2/h10,12-13,17H,5-9H2,1-4H3. The predicted molar refractivity (Wildman–Crippen MR) is 80.7 cm³/mol. The van der Waals surface area contributed by atoms with Crippen molar-refractivity contribution < 1.29 is 0 Å². The van der Waals surface area contributed by atoms with E-state index in [1.165, 1.54) is 18.5 Å². The molecule has 1 aliphatic rings. The maximum Gasteiger partial charge on any atom is 0.0847 e. The van der Waals surface area contributed by atoms with Gasteiger partial charge in [-0.3, -0.25) is 4.68 Å². The summed E-state index contributed by atoms with van der Waals surface area (Å²) in [4.78, 5) is 0. The molecule has 2 rings (SSSR count). The van der Waals surface area contributed by atoms with E-state index in [4.69, 9.17) is 11.6 Å². The van der Waals surface area contributed by atoms with Crippen LogP contribution < -0.4 is 5.32 Å². The molecular formula is C15H26ClN3. The second-order valence-electron chi connectivity index (χ2n) is 5.73. The molecule has 1 aliphatic carbocycles. The van der Waals surface area contributed by atoms with Crippen LogP contribution in [0.5, 0.6) is 0 Å². The van der Waals surface area contributed by atoms with Gasteiger partial charge < -0.3 is 5.32 Å². The first kappa shape index (κ1) is 14.9. The molecular weight excluding hydrogens is 258 g/mol. The minimum atomic E-state index is 0.511. The summed E-state index contributed by atoms with van der Waals surface area (Å²) in [6.45, 7) is 10.6. The second kappa shape index (κ2) is 6.27. The Morgan fingerprint density at radius 1 is 1.42 bits per heavy atom. The normalized spacial score (nSPS) is 18.6. The lowest BCUT2D eigenvalue weighted by Crippen LogP contribution is -2.38. The van der Waals surface area contributed by atoms with Gasteiger partial charge in [0.2, 0.25) is 0 Å². The van der Waals surface area contributed by atoms with Gasteiger partial charge in [0, 0.05) is 19.0 Å². The second-order valence-corrected chi connectivity index (χ2v) is 6.10. The number of halogens is 1. The molecule has 1 aromatic heterocycles. The van der Waals surface area contributed by atoms with E-state index in [1.54, 1.807) is 0 Å². The number of hydrogen-bond donors (Lipinski definition) is 1. The molecule has 4 heteroatoms. The number of aromatic nitrogens is 2. The molecule has 0 aromatic carbocycles. The van der Waals surface area contributed by atoms with Gasteiger partial charge in [-0.05, 0) is 45.1 Å². The van der Waals surface area contributed by atoms with Crippen molar-refractivity contribution in [3.8, 4) is 0 Å². The first-order valence-corrected chi connectivity index (χ1v) is 7.91. The third kappa shape index (κ3) is 3.32. The van der Waals surface area contributed by atoms with Crippen LogP contribution in [-0.4, -0.2) is 22.4 Å². The Labute approximate surface area is 121 Å². The third-order valence-corrected chi connectivity index (χ3v) is 4.82. The molecule has 1 saturated carbocycles. The monoisotopic (exact) mass is 283 g/mol. The molecule has 19 heavy (non-hydrogen) atoms. The molecule has 1 fully saturated rings. The van der Waals surface area contributed by atoms with E-state index in [0.717, 1.165) is 42.1 Å². The minimum absolute atomic E-state index is 0.511. The van der Waals surface area contributed by atoms with E-state index in [0.29, 0.717) is 6.04 Å². The van der Waals surface area contributed by atoms with Gasteiger partial charge >= 0.3 is 0 Å². The Hall–Kier alpha value is -0.540. The van der Waals surface area contributed by atoms with Crippen molar-refractivity contribution in [3.63, 3.8) is 0 Å². The SMILES string of the molecule is CCNC(Cc1c(Cl)c(C)nn1CC)C(C)C1CC1. The van der Waals surface area contributed by atoms with Gasteiger partial charge in [0.15, 0.2) is 0 Å². The van der Waals surface area contributed by atoms with E-state index in [2.05, 4.69) is 35.9 Å². The highest BCUT2D eigenvalue weighted by Gasteiger charge is 2.33. The van der Waals surface area contributed by atoms with Crippen LogP contribution in [0.25, 0.3) is 0 Å². The van der Waals surface area contributed by atoms with Gasteiger partial charge in [-0.1, -0.05) is 25.4 Å². The summed E-state index contributed by atoms with van der Waals surface area (Å²) in [5, 5.41) is 9.01. The van der Waals surface area contributed by atoms with Crippen LogP contribution in [0.2, 0.25) is 5.02 Å². The summed E-state index contributed by atoms with van der Waals surface area (Å²) in [5.41, 5.74) is 2.15. The molecule has 0 bridgehead atoms. The smallest absolute Gasteiger partial charge is 0.0847 e. The molecule has 0 spiro atoms. The maximum atomic E-state index is 6.43. The lowest BCUT2D eigenvalue weighted by molar-refractivity contribution is 0.338. The van der Waals surface area contributed by atoms with Crippen LogP contribution in [0.3, 0.4) is 0 Å². The zero-order valence-corrected chi connectivity index (χ0v) is 13.3. The molecule has 3 nitrogen and oxygen atoms in total. The zero-order valence-electron chi connectivity index (χ0n) is 12.5. The van der Waals surface area contributed by atoms with Crippen molar-refractivity contribution in [2.75, 3.05) is 6.54 Å². The third-order valence-electron chi connectivity index (χ3n) is 4.33. The summed E-state index contributed by atoms with van der Waals surface area (Å²) in [6, 6.07) is 0.511. The molecule has 0 saturated heterocycles. The maximum absolute atomic E-state index is 6.43. The van der Waals surface area contributed by atoms with Crippen LogP contribution in [0, 0.1) is 18.8 Å². The van der Waals surface area contributed by atoms with Gasteiger partial charge in [0.25, 0.3) is 0 Å². The lowest BCUT2D eigenvalue weighted by atomic mass is 9.92. The first-order valence-electron chi connectivity index (χ1n) is 7.53. The van der Waals surface area contributed by atoms with Crippen LogP contribution in [0.15, 0.2) is 0 Å². The highest BCUT2D eigenvalue weighted by molar-refractivity contribution is 6.31. The molecule has 0 aliphatic heterocycles. The Bertz CT molecular complexity index is 423. The zero-order chi connectivity index (χ0) is 14.0. The van der Waals surface area contributed by atoms with E-state index in [1.807, 2.05) is 6.92 Å². The molecule has 2 atom stereocenters. The molecule has 1 N–H and O–H groups in total. The van der Waals surface area contributed by atoms with E-state index < -0.39 is 0 Å². The van der Waals surface area contributed by atoms with Crippen LogP contribution >= 0.6 is 11.6 Å². The Balaban J connectivity index is 2.15. The van der Waals surface area contributed by atoms with Crippen LogP contribution in [0.4, 0.5) is 0 Å². The van der Waals surface area contributed by atoms with Crippen molar-refractivity contribution in [1.82, 2.24) is 15.1 Å². The minimum Gasteiger partial charge on any atom is -0.314 e. The highest BCUT2D eigenvalue weighted by atomic mass is 35.5. The summed E-state index contributed by atoms with van der Waals surface area (Å²) < 4.78 is 2.06. The Morgan fingerprint density at radius 2 is 2.11 bits per heavy atom. The Morgan fingerprint density at radius 3 is 2.63 bits per heavy atom. The predicted octanol–water partition coefficient (Wildman–Crippen LogP) is 3.43. The van der Waals surface area contributed by atoms with Crippen molar-refractivity contribution in [2.45, 2.75) is 59.5 Å². The highest BCUT2D eigenvalue weighted by Crippen LogP contribution is 2.39. The largest absolute Gasteiger partial charge is 0.314 e. The van der Waals surface area contributed by atoms with E-state index in [9.17, 15) is 0 Å². The lowest BCUT2D eigenvalue weighted by Gasteiger charge is -2.25. The quantitative estimate of drug-likeness (QED) is 0.831. The summed E-state index contributed by atoms with van der Waals surface area (Å²) in [7, 11) is 0. The number of nitrogens with one attached hydrogen (secondary N) is 1. The summed E-state index contributed by atoms with van der Waals surface area (Å²) in [6.07, 6.45) is 3.77. The van der Waals surface area contributed by atoms with Crippen molar-refractivity contribution >= 4 is 11.6 Å². The molecule has 0 radical (unpaired) electrons. The fraction of sp³-hybridized carbons (Fsp3) is 0.800. The average Bonchev–Trinajstić information content (AvgIpc) is 3.20. The fourth-order valence-corrected chi connectivity index (χ4v) is 3.14. The van der Waals surface area contributed by atoms with Crippen molar-refractivity contribution in [1.29, 1.82) is 0 Å². The average molecular weight is 284 g/mol. The van der Waals surface area contributed by atoms with Gasteiger partial charge in [0.05, 0.1) is 16.4 Å². The molecule has 1 aromatic rings. The number of rotatable bonds is 7. The van der Waals surface area contributed by atoms with Crippen molar-refractivity contribution in [3.05, 3.63) is 16.4 Å². The Kier molecular flexibility index (Phi) is 4.91. The van der Waals surface area contributed by atoms with Crippen LogP contribution in [-0.2, 0) is 13.0 Å². The number of likely N-dealkylation sites (N-methyl/N-ethyl adjacent to an activating group) is 1. The molecule has 2 unspecified atom stereocenters. The fourth-order valence-electron chi connectivity index (χ4n) is 2.93. The first-order chi connectivity index (χ1) is 9.08. The number of aryl methyl sites for hydroxylation is 2. The topological polar surface area (TPSA) is 29.9 Å². The van der Waals surface area contributed by atoms with Gasteiger partial charge in [-0.2, -0.15) is 5.10 Å². The van der Waals surface area contributed by atoms with Crippen LogP contribution in [0.1, 0.15) is 45.0 Å². The summed E-state index contributed by atoms with van der Waals surface area (Å²) >= 11 is 6.43. The van der Waals surface area contributed by atoms with Gasteiger partial charge in [0.1, 0.15) is 0 Å². The summed E-state index contributed by atoms with van der Waals surface area (Å²) in [5.74, 6) is 1.62. The van der Waals surface area contributed by atoms with E-state index in [-0.39, 0.29) is 0 Å². The van der Waals surface area contributed by atoms with E-state index >= 15 is 0 Å². The number of hydrogen-bond acceptors (Lipinski definition) is 2. The molecule has 0 amide bonds. The molecule has 108 valence electrons.